The average molecular weight is 325 g/mol. The summed E-state index contributed by atoms with van der Waals surface area (Å²) in [4.78, 5) is 34.9. The largest absolute Gasteiger partial charge is 0.337 e. The lowest BCUT2D eigenvalue weighted by atomic mass is 10.1. The van der Waals surface area contributed by atoms with Crippen LogP contribution in [0.25, 0.3) is 0 Å². The van der Waals surface area contributed by atoms with Gasteiger partial charge in [-0.05, 0) is 31.2 Å². The molecule has 124 valence electrons. The minimum absolute atomic E-state index is 0.0645. The second-order valence-corrected chi connectivity index (χ2v) is 5.18. The van der Waals surface area contributed by atoms with Crippen LogP contribution in [0, 0.1) is 0 Å². The second-order valence-electron chi connectivity index (χ2n) is 5.18. The molecule has 3 amide bonds. The molecule has 0 atom stereocenters. The van der Waals surface area contributed by atoms with E-state index in [-0.39, 0.29) is 30.7 Å². The van der Waals surface area contributed by atoms with Gasteiger partial charge in [0.15, 0.2) is 5.78 Å². The number of carbonyl (C=O) groups is 3. The van der Waals surface area contributed by atoms with E-state index in [1.807, 2.05) is 18.2 Å². The molecule has 2 aromatic carbocycles. The van der Waals surface area contributed by atoms with Crippen molar-refractivity contribution in [1.29, 1.82) is 0 Å². The summed E-state index contributed by atoms with van der Waals surface area (Å²) in [5.74, 6) is -0.305. The minimum atomic E-state index is -0.368. The number of amides is 3. The Bertz CT molecular complexity index is 729. The molecular formula is C18H19N3O3. The Morgan fingerprint density at radius 2 is 1.58 bits per heavy atom. The number of carbonyl (C=O) groups excluding carboxylic acids is 3. The molecule has 0 radical (unpaired) electrons. The Labute approximate surface area is 140 Å². The number of para-hydroxylation sites is 1. The maximum absolute atomic E-state index is 11.9. The maximum Gasteiger partial charge on any atom is 0.319 e. The molecule has 2 rings (SSSR count). The fourth-order valence-electron chi connectivity index (χ4n) is 2.03. The lowest BCUT2D eigenvalue weighted by Gasteiger charge is -2.08. The van der Waals surface area contributed by atoms with E-state index in [0.29, 0.717) is 16.9 Å². The van der Waals surface area contributed by atoms with Crippen LogP contribution >= 0.6 is 0 Å². The first-order chi connectivity index (χ1) is 11.5. The van der Waals surface area contributed by atoms with Crippen LogP contribution in [-0.4, -0.2) is 24.3 Å². The van der Waals surface area contributed by atoms with Crippen molar-refractivity contribution in [3.8, 4) is 0 Å². The first-order valence-electron chi connectivity index (χ1n) is 7.55. The van der Waals surface area contributed by atoms with E-state index >= 15 is 0 Å². The topological polar surface area (TPSA) is 87.3 Å². The van der Waals surface area contributed by atoms with E-state index in [4.69, 9.17) is 0 Å². The predicted molar refractivity (Wildman–Crippen MR) is 93.2 cm³/mol. The number of nitrogens with one attached hydrogen (secondary N) is 3. The third-order valence-corrected chi connectivity index (χ3v) is 3.22. The monoisotopic (exact) mass is 325 g/mol. The molecule has 0 saturated carbocycles. The van der Waals surface area contributed by atoms with Crippen LogP contribution in [-0.2, 0) is 4.79 Å². The van der Waals surface area contributed by atoms with E-state index in [9.17, 15) is 14.4 Å². The van der Waals surface area contributed by atoms with Gasteiger partial charge in [-0.3, -0.25) is 9.59 Å². The summed E-state index contributed by atoms with van der Waals surface area (Å²) in [6.07, 6.45) is 0.131. The molecule has 0 fully saturated rings. The molecule has 3 N–H and O–H groups in total. The smallest absolute Gasteiger partial charge is 0.319 e. The van der Waals surface area contributed by atoms with E-state index in [2.05, 4.69) is 16.0 Å². The summed E-state index contributed by atoms with van der Waals surface area (Å²) in [7, 11) is 0. The highest BCUT2D eigenvalue weighted by atomic mass is 16.2. The van der Waals surface area contributed by atoms with E-state index in [1.165, 1.54) is 6.92 Å². The lowest BCUT2D eigenvalue weighted by molar-refractivity contribution is -0.116. The number of Topliss-reactive ketones (excluding diaryl/α,β-unsaturated/α-hetero) is 1. The summed E-state index contributed by atoms with van der Waals surface area (Å²) in [5, 5.41) is 7.98. The fourth-order valence-corrected chi connectivity index (χ4v) is 2.03. The minimum Gasteiger partial charge on any atom is -0.337 e. The third-order valence-electron chi connectivity index (χ3n) is 3.22. The normalized spacial score (nSPS) is 9.88. The molecule has 0 spiro atoms. The molecule has 6 heteroatoms. The summed E-state index contributed by atoms with van der Waals surface area (Å²) in [6, 6.07) is 15.4. The fraction of sp³-hybridized carbons (Fsp3) is 0.167. The van der Waals surface area contributed by atoms with E-state index in [1.54, 1.807) is 36.4 Å². The molecule has 0 unspecified atom stereocenters. The number of hydrogen-bond acceptors (Lipinski definition) is 3. The Hall–Kier alpha value is -3.15. The van der Waals surface area contributed by atoms with E-state index in [0.717, 1.165) is 0 Å². The summed E-state index contributed by atoms with van der Waals surface area (Å²) >= 11 is 0. The van der Waals surface area contributed by atoms with Gasteiger partial charge in [0.1, 0.15) is 0 Å². The summed E-state index contributed by atoms with van der Waals surface area (Å²) in [5.41, 5.74) is 1.77. The van der Waals surface area contributed by atoms with Crippen LogP contribution in [0.4, 0.5) is 16.2 Å². The van der Waals surface area contributed by atoms with Gasteiger partial charge in [0.25, 0.3) is 0 Å². The van der Waals surface area contributed by atoms with Gasteiger partial charge in [-0.2, -0.15) is 0 Å². The number of rotatable bonds is 6. The van der Waals surface area contributed by atoms with Crippen molar-refractivity contribution in [1.82, 2.24) is 5.32 Å². The van der Waals surface area contributed by atoms with Crippen molar-refractivity contribution in [2.75, 3.05) is 17.2 Å². The Kier molecular flexibility index (Phi) is 6.08. The van der Waals surface area contributed by atoms with Gasteiger partial charge in [0, 0.05) is 29.9 Å². The van der Waals surface area contributed by atoms with Crippen LogP contribution in [0.1, 0.15) is 23.7 Å². The molecule has 0 aliphatic heterocycles. The highest BCUT2D eigenvalue weighted by Crippen LogP contribution is 2.11. The number of anilines is 2. The van der Waals surface area contributed by atoms with Gasteiger partial charge < -0.3 is 16.0 Å². The molecule has 0 aliphatic carbocycles. The number of benzene rings is 2. The molecule has 0 aromatic heterocycles. The highest BCUT2D eigenvalue weighted by Gasteiger charge is 2.06. The number of urea groups is 1. The Morgan fingerprint density at radius 1 is 0.875 bits per heavy atom. The standard InChI is InChI=1S/C18H19N3O3/c1-13(22)14-6-5-9-16(12-14)20-17(23)10-11-19-18(24)21-15-7-3-2-4-8-15/h2-9,12H,10-11H2,1H3,(H,20,23)(H2,19,21,24). The maximum atomic E-state index is 11.9. The molecule has 6 nitrogen and oxygen atoms in total. The van der Waals surface area contributed by atoms with E-state index < -0.39 is 0 Å². The van der Waals surface area contributed by atoms with Crippen molar-refractivity contribution < 1.29 is 14.4 Å². The zero-order valence-corrected chi connectivity index (χ0v) is 13.3. The van der Waals surface area contributed by atoms with Gasteiger partial charge in [-0.1, -0.05) is 30.3 Å². The molecule has 0 aliphatic rings. The Morgan fingerprint density at radius 3 is 2.29 bits per heavy atom. The zero-order chi connectivity index (χ0) is 17.4. The first kappa shape index (κ1) is 17.2. The van der Waals surface area contributed by atoms with Crippen molar-refractivity contribution >= 4 is 29.1 Å². The average Bonchev–Trinajstić information content (AvgIpc) is 2.56. The lowest BCUT2D eigenvalue weighted by Crippen LogP contribution is -2.31. The molecule has 24 heavy (non-hydrogen) atoms. The molecule has 2 aromatic rings. The molecule has 0 bridgehead atoms. The van der Waals surface area contributed by atoms with Crippen LogP contribution in [0.15, 0.2) is 54.6 Å². The van der Waals surface area contributed by atoms with Gasteiger partial charge in [0.05, 0.1) is 0 Å². The second kappa shape index (κ2) is 8.47. The van der Waals surface area contributed by atoms with Gasteiger partial charge in [-0.15, -0.1) is 0 Å². The quantitative estimate of drug-likeness (QED) is 0.713. The van der Waals surface area contributed by atoms with Gasteiger partial charge in [0.2, 0.25) is 5.91 Å². The van der Waals surface area contributed by atoms with Gasteiger partial charge in [-0.25, -0.2) is 4.79 Å². The van der Waals surface area contributed by atoms with Crippen LogP contribution in [0.5, 0.6) is 0 Å². The van der Waals surface area contributed by atoms with Crippen LogP contribution in [0.3, 0.4) is 0 Å². The highest BCUT2D eigenvalue weighted by molar-refractivity contribution is 5.97. The van der Waals surface area contributed by atoms with Crippen molar-refractivity contribution in [2.45, 2.75) is 13.3 Å². The van der Waals surface area contributed by atoms with Crippen LogP contribution < -0.4 is 16.0 Å². The van der Waals surface area contributed by atoms with Gasteiger partial charge >= 0.3 is 6.03 Å². The predicted octanol–water partition coefficient (Wildman–Crippen LogP) is 3.04. The third kappa shape index (κ3) is 5.57. The Balaban J connectivity index is 1.74. The van der Waals surface area contributed by atoms with Crippen molar-refractivity contribution in [2.24, 2.45) is 0 Å². The summed E-state index contributed by atoms with van der Waals surface area (Å²) < 4.78 is 0. The first-order valence-corrected chi connectivity index (χ1v) is 7.55. The molecule has 0 saturated heterocycles. The molecular weight excluding hydrogens is 306 g/mol. The number of hydrogen-bond donors (Lipinski definition) is 3. The summed E-state index contributed by atoms with van der Waals surface area (Å²) in [6.45, 7) is 1.67. The molecule has 0 heterocycles. The zero-order valence-electron chi connectivity index (χ0n) is 13.3. The van der Waals surface area contributed by atoms with Crippen molar-refractivity contribution in [3.05, 3.63) is 60.2 Å². The number of ketones is 1. The SMILES string of the molecule is CC(=O)c1cccc(NC(=O)CCNC(=O)Nc2ccccc2)c1. The van der Waals surface area contributed by atoms with Crippen LogP contribution in [0.2, 0.25) is 0 Å². The van der Waals surface area contributed by atoms with Crippen molar-refractivity contribution in [3.63, 3.8) is 0 Å².